The molecule has 5 heteroatoms. The molecule has 2 amide bonds. The normalized spacial score (nSPS) is 17.6. The van der Waals surface area contributed by atoms with Crippen LogP contribution in [0.25, 0.3) is 0 Å². The van der Waals surface area contributed by atoms with E-state index in [0.29, 0.717) is 19.0 Å². The molecule has 0 bridgehead atoms. The first-order valence-electron chi connectivity index (χ1n) is 7.93. The number of hydrogen-bond acceptors (Lipinski definition) is 3. The van der Waals surface area contributed by atoms with E-state index in [2.05, 4.69) is 16.3 Å². The monoisotopic (exact) mass is 305 g/mol. The lowest BCUT2D eigenvalue weighted by Gasteiger charge is -2.33. The highest BCUT2D eigenvalue weighted by molar-refractivity contribution is 5.89. The predicted octanol–water partition coefficient (Wildman–Crippen LogP) is 2.37. The molecule has 0 saturated carbocycles. The zero-order valence-corrected chi connectivity index (χ0v) is 13.7. The van der Waals surface area contributed by atoms with Gasteiger partial charge in [-0.3, -0.25) is 0 Å². The van der Waals surface area contributed by atoms with E-state index in [1.54, 1.807) is 0 Å². The second-order valence-electron chi connectivity index (χ2n) is 6.43. The second kappa shape index (κ2) is 7.61. The van der Waals surface area contributed by atoms with Gasteiger partial charge in [-0.15, -0.1) is 0 Å². The molecule has 0 spiro atoms. The molecule has 0 radical (unpaired) electrons. The number of amides is 2. The summed E-state index contributed by atoms with van der Waals surface area (Å²) in [5.74, 6) is 0.312. The van der Waals surface area contributed by atoms with Crippen molar-refractivity contribution in [3.8, 4) is 0 Å². The second-order valence-corrected chi connectivity index (χ2v) is 6.43. The fourth-order valence-corrected chi connectivity index (χ4v) is 2.90. The molecule has 22 heavy (non-hydrogen) atoms. The third-order valence-corrected chi connectivity index (χ3v) is 4.19. The number of hydrogen-bond donors (Lipinski definition) is 2. The van der Waals surface area contributed by atoms with Crippen molar-refractivity contribution in [3.63, 3.8) is 0 Å². The average Bonchev–Trinajstić information content (AvgIpc) is 2.47. The number of carbonyl (C=O) groups is 1. The highest BCUT2D eigenvalue weighted by Gasteiger charge is 2.25. The molecule has 2 rings (SSSR count). The van der Waals surface area contributed by atoms with Crippen LogP contribution in [0.4, 0.5) is 10.5 Å². The summed E-state index contributed by atoms with van der Waals surface area (Å²) in [6.07, 6.45) is 1.45. The maximum atomic E-state index is 12.3. The van der Waals surface area contributed by atoms with Crippen molar-refractivity contribution < 1.29 is 9.90 Å². The maximum Gasteiger partial charge on any atom is 0.321 e. The number of carbonyl (C=O) groups excluding carboxylic acids is 1. The standard InChI is InChI=1S/C17H27N3O2/c1-13(21)15-7-9-20(10-8-15)17(22)18-16-6-4-5-14(11-16)12-19(2)3/h4-6,11,13,15,21H,7-10,12H2,1-3H3,(H,18,22). The zero-order chi connectivity index (χ0) is 16.1. The topological polar surface area (TPSA) is 55.8 Å². The zero-order valence-electron chi connectivity index (χ0n) is 13.7. The fourth-order valence-electron chi connectivity index (χ4n) is 2.90. The fraction of sp³-hybridized carbons (Fsp3) is 0.588. The van der Waals surface area contributed by atoms with Crippen molar-refractivity contribution >= 4 is 11.7 Å². The number of nitrogens with one attached hydrogen (secondary N) is 1. The van der Waals surface area contributed by atoms with Gasteiger partial charge < -0.3 is 20.2 Å². The van der Waals surface area contributed by atoms with Crippen molar-refractivity contribution in [2.45, 2.75) is 32.4 Å². The van der Waals surface area contributed by atoms with E-state index in [0.717, 1.165) is 25.1 Å². The van der Waals surface area contributed by atoms with E-state index in [1.165, 1.54) is 5.56 Å². The van der Waals surface area contributed by atoms with Crippen LogP contribution in [0.1, 0.15) is 25.3 Å². The van der Waals surface area contributed by atoms with Gasteiger partial charge in [0.25, 0.3) is 0 Å². The molecule has 1 fully saturated rings. The van der Waals surface area contributed by atoms with Gasteiger partial charge in [0.15, 0.2) is 0 Å². The van der Waals surface area contributed by atoms with E-state index in [1.807, 2.05) is 44.1 Å². The number of nitrogens with zero attached hydrogens (tertiary/aromatic N) is 2. The molecule has 122 valence electrons. The van der Waals surface area contributed by atoms with Gasteiger partial charge in [0.2, 0.25) is 0 Å². The van der Waals surface area contributed by atoms with E-state index in [9.17, 15) is 9.90 Å². The van der Waals surface area contributed by atoms with Crippen LogP contribution in [0.3, 0.4) is 0 Å². The lowest BCUT2D eigenvalue weighted by atomic mass is 9.92. The minimum Gasteiger partial charge on any atom is -0.393 e. The van der Waals surface area contributed by atoms with E-state index in [4.69, 9.17) is 0 Å². The summed E-state index contributed by atoms with van der Waals surface area (Å²) in [4.78, 5) is 16.2. The molecule has 1 atom stereocenters. The summed E-state index contributed by atoms with van der Waals surface area (Å²) in [7, 11) is 4.05. The number of urea groups is 1. The highest BCUT2D eigenvalue weighted by atomic mass is 16.3. The van der Waals surface area contributed by atoms with Gasteiger partial charge in [0, 0.05) is 25.3 Å². The van der Waals surface area contributed by atoms with Gasteiger partial charge in [-0.2, -0.15) is 0 Å². The average molecular weight is 305 g/mol. The largest absolute Gasteiger partial charge is 0.393 e. The number of aliphatic hydroxyl groups is 1. The maximum absolute atomic E-state index is 12.3. The van der Waals surface area contributed by atoms with Crippen LogP contribution in [0.2, 0.25) is 0 Å². The van der Waals surface area contributed by atoms with Crippen LogP contribution < -0.4 is 5.32 Å². The Morgan fingerprint density at radius 3 is 2.68 bits per heavy atom. The highest BCUT2D eigenvalue weighted by Crippen LogP contribution is 2.21. The summed E-state index contributed by atoms with van der Waals surface area (Å²) in [6, 6.07) is 7.91. The molecule has 0 aliphatic carbocycles. The van der Waals surface area contributed by atoms with Crippen LogP contribution in [-0.4, -0.2) is 54.2 Å². The number of likely N-dealkylation sites (tertiary alicyclic amines) is 1. The molecule has 1 aliphatic heterocycles. The number of aliphatic hydroxyl groups excluding tert-OH is 1. The molecular formula is C17H27N3O2. The summed E-state index contributed by atoms with van der Waals surface area (Å²) in [5.41, 5.74) is 2.01. The number of benzene rings is 1. The van der Waals surface area contributed by atoms with Crippen LogP contribution >= 0.6 is 0 Å². The van der Waals surface area contributed by atoms with Gasteiger partial charge >= 0.3 is 6.03 Å². The van der Waals surface area contributed by atoms with Crippen molar-refractivity contribution in [2.24, 2.45) is 5.92 Å². The first kappa shape index (κ1) is 16.8. The van der Waals surface area contributed by atoms with E-state index >= 15 is 0 Å². The lowest BCUT2D eigenvalue weighted by Crippen LogP contribution is -2.42. The Hall–Kier alpha value is -1.59. The lowest BCUT2D eigenvalue weighted by molar-refractivity contribution is 0.0820. The number of rotatable bonds is 4. The summed E-state index contributed by atoms with van der Waals surface area (Å²) in [5, 5.41) is 12.6. The molecule has 1 aromatic carbocycles. The van der Waals surface area contributed by atoms with Crippen LogP contribution in [-0.2, 0) is 6.54 Å². The molecular weight excluding hydrogens is 278 g/mol. The number of anilines is 1. The van der Waals surface area contributed by atoms with Crippen molar-refractivity contribution in [1.82, 2.24) is 9.80 Å². The smallest absolute Gasteiger partial charge is 0.321 e. The van der Waals surface area contributed by atoms with Gasteiger partial charge in [0.1, 0.15) is 0 Å². The van der Waals surface area contributed by atoms with Gasteiger partial charge in [-0.25, -0.2) is 4.79 Å². The van der Waals surface area contributed by atoms with Crippen LogP contribution in [0, 0.1) is 5.92 Å². The third-order valence-electron chi connectivity index (χ3n) is 4.19. The summed E-state index contributed by atoms with van der Waals surface area (Å²) >= 11 is 0. The predicted molar refractivity (Wildman–Crippen MR) is 88.8 cm³/mol. The molecule has 1 aromatic rings. The van der Waals surface area contributed by atoms with Crippen molar-refractivity contribution in [1.29, 1.82) is 0 Å². The molecule has 5 nitrogen and oxygen atoms in total. The van der Waals surface area contributed by atoms with Gasteiger partial charge in [-0.05, 0) is 57.5 Å². The molecule has 1 aliphatic rings. The number of piperidine rings is 1. The van der Waals surface area contributed by atoms with E-state index < -0.39 is 0 Å². The first-order valence-corrected chi connectivity index (χ1v) is 7.93. The first-order chi connectivity index (χ1) is 10.5. The Morgan fingerprint density at radius 2 is 2.09 bits per heavy atom. The molecule has 1 unspecified atom stereocenters. The molecule has 2 N–H and O–H groups in total. The minimum atomic E-state index is -0.284. The quantitative estimate of drug-likeness (QED) is 0.898. The van der Waals surface area contributed by atoms with Gasteiger partial charge in [0.05, 0.1) is 6.10 Å². The Morgan fingerprint density at radius 1 is 1.41 bits per heavy atom. The van der Waals surface area contributed by atoms with E-state index in [-0.39, 0.29) is 12.1 Å². The Balaban J connectivity index is 1.90. The molecule has 1 saturated heterocycles. The Labute approximate surface area is 132 Å². The van der Waals surface area contributed by atoms with Gasteiger partial charge in [-0.1, -0.05) is 12.1 Å². The third kappa shape index (κ3) is 4.71. The van der Waals surface area contributed by atoms with Crippen LogP contribution in [0.15, 0.2) is 24.3 Å². The summed E-state index contributed by atoms with van der Waals surface area (Å²) in [6.45, 7) is 4.09. The van der Waals surface area contributed by atoms with Crippen molar-refractivity contribution in [2.75, 3.05) is 32.5 Å². The Kier molecular flexibility index (Phi) is 5.80. The Bertz CT molecular complexity index is 494. The summed E-state index contributed by atoms with van der Waals surface area (Å²) < 4.78 is 0. The minimum absolute atomic E-state index is 0.0500. The molecule has 1 heterocycles. The van der Waals surface area contributed by atoms with Crippen LogP contribution in [0.5, 0.6) is 0 Å². The SMILES string of the molecule is CC(O)C1CCN(C(=O)Nc2cccc(CN(C)C)c2)CC1. The van der Waals surface area contributed by atoms with Crippen molar-refractivity contribution in [3.05, 3.63) is 29.8 Å². The molecule has 0 aromatic heterocycles.